The molecule has 2 N–H and O–H groups in total. The Hall–Kier alpha value is -1.61. The topological polar surface area (TPSA) is 105 Å². The van der Waals surface area contributed by atoms with Crippen molar-refractivity contribution in [3.05, 3.63) is 11.9 Å². The van der Waals surface area contributed by atoms with Crippen LogP contribution in [-0.2, 0) is 22.1 Å². The number of carboxylic acid groups (broad SMARTS) is 1. The molecular formula is C9H16N4O4S. The summed E-state index contributed by atoms with van der Waals surface area (Å²) in [5, 5.41) is 12.5. The van der Waals surface area contributed by atoms with Gasteiger partial charge < -0.3 is 5.11 Å². The highest BCUT2D eigenvalue weighted by atomic mass is 32.2. The molecule has 0 amide bonds. The number of nitrogens with one attached hydrogen (secondary N) is 1. The van der Waals surface area contributed by atoms with Crippen molar-refractivity contribution < 1.29 is 18.3 Å². The Kier molecular flexibility index (Phi) is 4.30. The predicted octanol–water partition coefficient (Wildman–Crippen LogP) is -0.208. The van der Waals surface area contributed by atoms with Crippen molar-refractivity contribution in [1.82, 2.24) is 14.1 Å². The molecule has 102 valence electrons. The van der Waals surface area contributed by atoms with Crippen LogP contribution in [0.5, 0.6) is 0 Å². The maximum Gasteiger partial charge on any atom is 0.304 e. The second kappa shape index (κ2) is 5.36. The zero-order valence-corrected chi connectivity index (χ0v) is 11.2. The molecule has 0 bridgehead atoms. The Morgan fingerprint density at radius 2 is 2.22 bits per heavy atom. The summed E-state index contributed by atoms with van der Waals surface area (Å²) in [6.07, 6.45) is 1.29. The fourth-order valence-corrected chi connectivity index (χ4v) is 2.26. The van der Waals surface area contributed by atoms with Gasteiger partial charge in [-0.25, -0.2) is 0 Å². The number of aliphatic carboxylic acids is 1. The van der Waals surface area contributed by atoms with Gasteiger partial charge in [-0.2, -0.15) is 17.8 Å². The molecule has 1 rings (SSSR count). The second-order valence-electron chi connectivity index (χ2n) is 3.87. The van der Waals surface area contributed by atoms with Crippen LogP contribution in [0.3, 0.4) is 0 Å². The third-order valence-corrected chi connectivity index (χ3v) is 3.78. The molecule has 1 heterocycles. The molecule has 0 saturated heterocycles. The van der Waals surface area contributed by atoms with Gasteiger partial charge in [0.2, 0.25) is 0 Å². The van der Waals surface area contributed by atoms with Gasteiger partial charge in [-0.15, -0.1) is 0 Å². The number of rotatable bonds is 6. The van der Waals surface area contributed by atoms with Crippen LogP contribution in [0.2, 0.25) is 0 Å². The molecular weight excluding hydrogens is 260 g/mol. The second-order valence-corrected chi connectivity index (χ2v) is 5.65. The number of hydrogen-bond donors (Lipinski definition) is 2. The summed E-state index contributed by atoms with van der Waals surface area (Å²) in [6, 6.07) is 0. The van der Waals surface area contributed by atoms with Gasteiger partial charge >= 0.3 is 16.2 Å². The monoisotopic (exact) mass is 276 g/mol. The van der Waals surface area contributed by atoms with Crippen LogP contribution < -0.4 is 4.72 Å². The van der Waals surface area contributed by atoms with Crippen molar-refractivity contribution >= 4 is 21.9 Å². The van der Waals surface area contributed by atoms with Gasteiger partial charge in [0.05, 0.1) is 17.8 Å². The van der Waals surface area contributed by atoms with E-state index in [1.807, 2.05) is 0 Å². The molecule has 0 aliphatic heterocycles. The van der Waals surface area contributed by atoms with Crippen molar-refractivity contribution in [3.63, 3.8) is 0 Å². The predicted molar refractivity (Wildman–Crippen MR) is 65.4 cm³/mol. The number of carboxylic acids is 1. The molecule has 0 aliphatic rings. The van der Waals surface area contributed by atoms with Gasteiger partial charge in [-0.1, -0.05) is 0 Å². The van der Waals surface area contributed by atoms with Crippen molar-refractivity contribution in [2.75, 3.05) is 18.3 Å². The Bertz CT molecular complexity index is 537. The lowest BCUT2D eigenvalue weighted by atomic mass is 10.4. The van der Waals surface area contributed by atoms with Crippen LogP contribution in [0, 0.1) is 6.92 Å². The first-order valence-electron chi connectivity index (χ1n) is 5.18. The minimum atomic E-state index is -3.75. The van der Waals surface area contributed by atoms with Crippen molar-refractivity contribution in [3.8, 4) is 0 Å². The van der Waals surface area contributed by atoms with E-state index in [2.05, 4.69) is 9.82 Å². The maximum absolute atomic E-state index is 11.9. The molecule has 0 atom stereocenters. The third-order valence-electron chi connectivity index (χ3n) is 2.30. The average Bonchev–Trinajstić information content (AvgIpc) is 2.53. The van der Waals surface area contributed by atoms with E-state index in [9.17, 15) is 13.2 Å². The molecule has 0 saturated carbocycles. The van der Waals surface area contributed by atoms with E-state index >= 15 is 0 Å². The number of aryl methyl sites for hydroxylation is 2. The normalized spacial score (nSPS) is 11.8. The molecule has 8 nitrogen and oxygen atoms in total. The summed E-state index contributed by atoms with van der Waals surface area (Å²) >= 11 is 0. The van der Waals surface area contributed by atoms with Crippen LogP contribution in [-0.4, -0.2) is 47.2 Å². The van der Waals surface area contributed by atoms with Crippen LogP contribution in [0.25, 0.3) is 0 Å². The lowest BCUT2D eigenvalue weighted by Gasteiger charge is -2.16. The number of carbonyl (C=O) groups is 1. The first kappa shape index (κ1) is 14.5. The van der Waals surface area contributed by atoms with E-state index in [1.165, 1.54) is 17.9 Å². The fourth-order valence-electron chi connectivity index (χ4n) is 1.29. The Balaban J connectivity index is 2.75. The van der Waals surface area contributed by atoms with Crippen molar-refractivity contribution in [2.24, 2.45) is 7.05 Å². The number of aromatic nitrogens is 2. The minimum Gasteiger partial charge on any atom is -0.481 e. The Morgan fingerprint density at radius 3 is 2.67 bits per heavy atom. The van der Waals surface area contributed by atoms with E-state index in [1.54, 1.807) is 14.0 Å². The first-order valence-corrected chi connectivity index (χ1v) is 6.62. The highest BCUT2D eigenvalue weighted by Crippen LogP contribution is 2.14. The molecule has 0 fully saturated rings. The summed E-state index contributed by atoms with van der Waals surface area (Å²) < 4.78 is 28.5. The van der Waals surface area contributed by atoms with Crippen LogP contribution >= 0.6 is 0 Å². The van der Waals surface area contributed by atoms with Gasteiger partial charge in [0, 0.05) is 26.8 Å². The van der Waals surface area contributed by atoms with E-state index < -0.39 is 16.2 Å². The van der Waals surface area contributed by atoms with Gasteiger partial charge in [0.1, 0.15) is 0 Å². The SMILES string of the molecule is Cc1nn(C)cc1NS(=O)(=O)N(C)CCC(=O)O. The molecule has 0 radical (unpaired) electrons. The highest BCUT2D eigenvalue weighted by molar-refractivity contribution is 7.90. The molecule has 0 aromatic carbocycles. The third kappa shape index (κ3) is 3.70. The maximum atomic E-state index is 11.9. The highest BCUT2D eigenvalue weighted by Gasteiger charge is 2.20. The summed E-state index contributed by atoms with van der Waals surface area (Å²) in [6.45, 7) is 1.58. The molecule has 18 heavy (non-hydrogen) atoms. The number of hydrogen-bond acceptors (Lipinski definition) is 4. The molecule has 0 spiro atoms. The molecule has 1 aromatic rings. The minimum absolute atomic E-state index is 0.0933. The number of anilines is 1. The smallest absolute Gasteiger partial charge is 0.304 e. The van der Waals surface area contributed by atoms with E-state index in [0.29, 0.717) is 11.4 Å². The fraction of sp³-hybridized carbons (Fsp3) is 0.556. The van der Waals surface area contributed by atoms with Crippen LogP contribution in [0.15, 0.2) is 6.20 Å². The molecule has 0 aliphatic carbocycles. The molecule has 9 heteroatoms. The van der Waals surface area contributed by atoms with Crippen LogP contribution in [0.4, 0.5) is 5.69 Å². The quantitative estimate of drug-likeness (QED) is 0.748. The molecule has 1 aromatic heterocycles. The van der Waals surface area contributed by atoms with Gasteiger partial charge in [-0.3, -0.25) is 14.2 Å². The van der Waals surface area contributed by atoms with E-state index in [-0.39, 0.29) is 13.0 Å². The van der Waals surface area contributed by atoms with Gasteiger partial charge in [0.25, 0.3) is 0 Å². The molecule has 0 unspecified atom stereocenters. The largest absolute Gasteiger partial charge is 0.481 e. The Labute approximate surface area is 105 Å². The van der Waals surface area contributed by atoms with E-state index in [4.69, 9.17) is 5.11 Å². The zero-order chi connectivity index (χ0) is 13.9. The van der Waals surface area contributed by atoms with Gasteiger partial charge in [0.15, 0.2) is 0 Å². The number of nitrogens with zero attached hydrogens (tertiary/aromatic N) is 3. The summed E-state index contributed by atoms with van der Waals surface area (Å²) in [4.78, 5) is 10.4. The van der Waals surface area contributed by atoms with Crippen molar-refractivity contribution in [1.29, 1.82) is 0 Å². The van der Waals surface area contributed by atoms with Crippen LogP contribution in [0.1, 0.15) is 12.1 Å². The first-order chi connectivity index (χ1) is 8.22. The Morgan fingerprint density at radius 1 is 1.61 bits per heavy atom. The van der Waals surface area contributed by atoms with Crippen molar-refractivity contribution in [2.45, 2.75) is 13.3 Å². The van der Waals surface area contributed by atoms with E-state index in [0.717, 1.165) is 4.31 Å². The summed E-state index contributed by atoms with van der Waals surface area (Å²) in [7, 11) is -0.756. The summed E-state index contributed by atoms with van der Waals surface area (Å²) in [5.41, 5.74) is 0.924. The average molecular weight is 276 g/mol. The zero-order valence-electron chi connectivity index (χ0n) is 10.4. The summed E-state index contributed by atoms with van der Waals surface area (Å²) in [5.74, 6) is -1.05. The lowest BCUT2D eigenvalue weighted by Crippen LogP contribution is -2.34. The standard InChI is InChI=1S/C9H16N4O4S/c1-7-8(6-12(2)10-7)11-18(16,17)13(3)5-4-9(14)15/h6,11H,4-5H2,1-3H3,(H,14,15). The van der Waals surface area contributed by atoms with Gasteiger partial charge in [-0.05, 0) is 6.92 Å². The lowest BCUT2D eigenvalue weighted by molar-refractivity contribution is -0.137.